The lowest BCUT2D eigenvalue weighted by Gasteiger charge is -2.22. The Labute approximate surface area is 179 Å². The Balaban J connectivity index is 2.14. The lowest BCUT2D eigenvalue weighted by molar-refractivity contribution is 0.0523. The van der Waals surface area contributed by atoms with Crippen LogP contribution in [0.15, 0.2) is 48.5 Å². The highest BCUT2D eigenvalue weighted by Gasteiger charge is 2.20. The van der Waals surface area contributed by atoms with Crippen LogP contribution in [0, 0.1) is 12.8 Å². The first-order chi connectivity index (χ1) is 14.1. The minimum absolute atomic E-state index is 0.373. The molecule has 1 amide bonds. The molecule has 2 aromatic carbocycles. The molecular weight excluding hydrogens is 372 g/mol. The highest BCUT2D eigenvalue weighted by Crippen LogP contribution is 2.34. The number of para-hydroxylation sites is 1. The van der Waals surface area contributed by atoms with Crippen LogP contribution in [-0.2, 0) is 17.7 Å². The van der Waals surface area contributed by atoms with Gasteiger partial charge in [-0.2, -0.15) is 0 Å². The van der Waals surface area contributed by atoms with Gasteiger partial charge in [0.05, 0.1) is 5.52 Å². The van der Waals surface area contributed by atoms with Crippen molar-refractivity contribution in [3.63, 3.8) is 0 Å². The number of aryl methyl sites for hydroxylation is 1. The molecule has 158 valence electrons. The Morgan fingerprint density at radius 3 is 2.37 bits per heavy atom. The van der Waals surface area contributed by atoms with Crippen LogP contribution in [0.2, 0.25) is 0 Å². The number of hydrogen-bond acceptors (Lipinski definition) is 3. The van der Waals surface area contributed by atoms with Crippen molar-refractivity contribution >= 4 is 17.0 Å². The van der Waals surface area contributed by atoms with E-state index in [4.69, 9.17) is 9.72 Å². The molecule has 0 aliphatic rings. The second-order valence-corrected chi connectivity index (χ2v) is 9.25. The van der Waals surface area contributed by atoms with E-state index in [0.29, 0.717) is 12.5 Å². The van der Waals surface area contributed by atoms with E-state index in [1.165, 1.54) is 5.56 Å². The topological polar surface area (TPSA) is 51.2 Å². The summed E-state index contributed by atoms with van der Waals surface area (Å²) in [4.78, 5) is 17.3. The molecule has 3 aromatic rings. The third kappa shape index (κ3) is 5.38. The molecule has 0 atom stereocenters. The largest absolute Gasteiger partial charge is 0.444 e. The number of ether oxygens (including phenoxy) is 1. The molecule has 4 nitrogen and oxygen atoms in total. The first kappa shape index (κ1) is 21.8. The maximum atomic E-state index is 12.4. The van der Waals surface area contributed by atoms with E-state index in [1.54, 1.807) is 0 Å². The van der Waals surface area contributed by atoms with E-state index in [2.05, 4.69) is 62.5 Å². The smallest absolute Gasteiger partial charge is 0.407 e. The number of carbonyl (C=O) groups excluding carboxylic acids is 1. The van der Waals surface area contributed by atoms with Crippen LogP contribution >= 0.6 is 0 Å². The number of carbonyl (C=O) groups is 1. The fourth-order valence-electron chi connectivity index (χ4n) is 3.57. The van der Waals surface area contributed by atoms with E-state index in [-0.39, 0.29) is 0 Å². The molecule has 4 heteroatoms. The van der Waals surface area contributed by atoms with Crippen molar-refractivity contribution in [2.75, 3.05) is 0 Å². The van der Waals surface area contributed by atoms with Crippen molar-refractivity contribution < 1.29 is 9.53 Å². The van der Waals surface area contributed by atoms with Crippen molar-refractivity contribution in [3.05, 3.63) is 65.4 Å². The molecular formula is C26H32N2O2. The SMILES string of the molecule is Cc1ccc(-c2c(CNC(=O)OC(C)(C)C)c(CC(C)C)nc3ccccc23)cc1. The van der Waals surface area contributed by atoms with Gasteiger partial charge in [0.25, 0.3) is 0 Å². The van der Waals surface area contributed by atoms with E-state index in [0.717, 1.165) is 39.7 Å². The van der Waals surface area contributed by atoms with Crippen LogP contribution in [-0.4, -0.2) is 16.7 Å². The monoisotopic (exact) mass is 404 g/mol. The highest BCUT2D eigenvalue weighted by atomic mass is 16.6. The molecule has 1 N–H and O–H groups in total. The zero-order valence-electron chi connectivity index (χ0n) is 18.9. The van der Waals surface area contributed by atoms with Crippen molar-refractivity contribution in [2.24, 2.45) is 5.92 Å². The summed E-state index contributed by atoms with van der Waals surface area (Å²) in [6, 6.07) is 16.8. The molecule has 0 saturated heterocycles. The highest BCUT2D eigenvalue weighted by molar-refractivity contribution is 5.96. The summed E-state index contributed by atoms with van der Waals surface area (Å²) in [5.41, 5.74) is 5.99. The number of hydrogen-bond donors (Lipinski definition) is 1. The predicted molar refractivity (Wildman–Crippen MR) is 124 cm³/mol. The minimum Gasteiger partial charge on any atom is -0.444 e. The van der Waals surface area contributed by atoms with Crippen LogP contribution in [0.25, 0.3) is 22.0 Å². The lowest BCUT2D eigenvalue weighted by Crippen LogP contribution is -2.32. The van der Waals surface area contributed by atoms with E-state index >= 15 is 0 Å². The summed E-state index contributed by atoms with van der Waals surface area (Å²) < 4.78 is 5.46. The molecule has 0 aliphatic carbocycles. The Morgan fingerprint density at radius 2 is 1.73 bits per heavy atom. The number of benzene rings is 2. The minimum atomic E-state index is -0.535. The van der Waals surface area contributed by atoms with Crippen molar-refractivity contribution in [1.29, 1.82) is 0 Å². The van der Waals surface area contributed by atoms with Gasteiger partial charge in [-0.3, -0.25) is 4.98 Å². The Morgan fingerprint density at radius 1 is 1.07 bits per heavy atom. The van der Waals surface area contributed by atoms with E-state index in [1.807, 2.05) is 32.9 Å². The van der Waals surface area contributed by atoms with Crippen LogP contribution in [0.5, 0.6) is 0 Å². The van der Waals surface area contributed by atoms with Crippen molar-refractivity contribution in [2.45, 2.75) is 60.1 Å². The summed E-state index contributed by atoms with van der Waals surface area (Å²) in [7, 11) is 0. The molecule has 1 aromatic heterocycles. The quantitative estimate of drug-likeness (QED) is 0.533. The van der Waals surface area contributed by atoms with Gasteiger partial charge in [0, 0.05) is 23.2 Å². The van der Waals surface area contributed by atoms with Crippen molar-refractivity contribution in [1.82, 2.24) is 10.3 Å². The summed E-state index contributed by atoms with van der Waals surface area (Å²) in [5.74, 6) is 0.449. The molecule has 0 radical (unpaired) electrons. The molecule has 0 fully saturated rings. The fraction of sp³-hybridized carbons (Fsp3) is 0.385. The summed E-state index contributed by atoms with van der Waals surface area (Å²) in [5, 5.41) is 4.05. The maximum Gasteiger partial charge on any atom is 0.407 e. The summed E-state index contributed by atoms with van der Waals surface area (Å²) >= 11 is 0. The van der Waals surface area contributed by atoms with Gasteiger partial charge in [0.2, 0.25) is 0 Å². The van der Waals surface area contributed by atoms with Gasteiger partial charge in [0.1, 0.15) is 5.60 Å². The number of amides is 1. The standard InChI is InChI=1S/C26H32N2O2/c1-17(2)15-23-21(16-27-25(29)30-26(4,5)6)24(19-13-11-18(3)12-14-19)20-9-7-8-10-22(20)28-23/h7-14,17H,15-16H2,1-6H3,(H,27,29). The molecule has 0 spiro atoms. The average Bonchev–Trinajstić information content (AvgIpc) is 2.65. The van der Waals surface area contributed by atoms with Gasteiger partial charge in [-0.15, -0.1) is 0 Å². The maximum absolute atomic E-state index is 12.4. The number of nitrogens with zero attached hydrogens (tertiary/aromatic N) is 1. The lowest BCUT2D eigenvalue weighted by atomic mass is 9.91. The molecule has 0 saturated carbocycles. The molecule has 30 heavy (non-hydrogen) atoms. The average molecular weight is 405 g/mol. The number of fused-ring (bicyclic) bond motifs is 1. The summed E-state index contributed by atoms with van der Waals surface area (Å²) in [6.45, 7) is 12.4. The molecule has 0 unspecified atom stereocenters. The number of aromatic nitrogens is 1. The molecule has 1 heterocycles. The van der Waals surface area contributed by atoms with Crippen LogP contribution in [0.1, 0.15) is 51.4 Å². The van der Waals surface area contributed by atoms with Crippen LogP contribution in [0.3, 0.4) is 0 Å². The second-order valence-electron chi connectivity index (χ2n) is 9.25. The molecule has 0 bridgehead atoms. The molecule has 3 rings (SSSR count). The van der Waals surface area contributed by atoms with Crippen LogP contribution < -0.4 is 5.32 Å². The zero-order valence-corrected chi connectivity index (χ0v) is 18.9. The third-order valence-corrected chi connectivity index (χ3v) is 4.83. The first-order valence-corrected chi connectivity index (χ1v) is 10.6. The third-order valence-electron chi connectivity index (χ3n) is 4.83. The number of nitrogens with one attached hydrogen (secondary N) is 1. The van der Waals surface area contributed by atoms with Gasteiger partial charge in [-0.05, 0) is 57.2 Å². The van der Waals surface area contributed by atoms with Gasteiger partial charge < -0.3 is 10.1 Å². The van der Waals surface area contributed by atoms with Gasteiger partial charge in [-0.25, -0.2) is 4.79 Å². The fourth-order valence-corrected chi connectivity index (χ4v) is 3.57. The number of alkyl carbamates (subject to hydrolysis) is 1. The molecule has 0 aliphatic heterocycles. The first-order valence-electron chi connectivity index (χ1n) is 10.6. The Kier molecular flexibility index (Phi) is 6.45. The summed E-state index contributed by atoms with van der Waals surface area (Å²) in [6.07, 6.45) is 0.427. The number of rotatable bonds is 5. The van der Waals surface area contributed by atoms with Gasteiger partial charge in [-0.1, -0.05) is 61.9 Å². The number of pyridine rings is 1. The predicted octanol–water partition coefficient (Wildman–Crippen LogP) is 6.43. The second kappa shape index (κ2) is 8.86. The van der Waals surface area contributed by atoms with E-state index < -0.39 is 11.7 Å². The normalized spacial score (nSPS) is 11.7. The van der Waals surface area contributed by atoms with Crippen molar-refractivity contribution in [3.8, 4) is 11.1 Å². The Hall–Kier alpha value is -2.88. The van der Waals surface area contributed by atoms with Crippen LogP contribution in [0.4, 0.5) is 4.79 Å². The van der Waals surface area contributed by atoms with Gasteiger partial charge in [0.15, 0.2) is 0 Å². The van der Waals surface area contributed by atoms with Gasteiger partial charge >= 0.3 is 6.09 Å². The Bertz CT molecular complexity index is 1030. The zero-order chi connectivity index (χ0) is 21.9. The van der Waals surface area contributed by atoms with E-state index in [9.17, 15) is 4.79 Å².